The van der Waals surface area contributed by atoms with Crippen LogP contribution in [0.3, 0.4) is 0 Å². The maximum absolute atomic E-state index is 10.7. The topological polar surface area (TPSA) is 89.3 Å². The Kier molecular flexibility index (Phi) is 3.00. The van der Waals surface area contributed by atoms with Gasteiger partial charge in [0.25, 0.3) is 0 Å². The molecule has 0 spiro atoms. The van der Waals surface area contributed by atoms with Crippen LogP contribution in [0.2, 0.25) is 0 Å². The van der Waals surface area contributed by atoms with Crippen molar-refractivity contribution >= 4 is 5.97 Å². The molecule has 0 aliphatic rings. The van der Waals surface area contributed by atoms with Gasteiger partial charge in [-0.1, -0.05) is 18.2 Å². The molecule has 0 bridgehead atoms. The molecular weight excluding hydrogens is 168 g/mol. The molecule has 1 aromatic rings. The fourth-order valence-electron chi connectivity index (χ4n) is 1.16. The van der Waals surface area contributed by atoms with E-state index in [0.29, 0.717) is 12.0 Å². The molecule has 4 nitrogen and oxygen atoms in total. The Bertz CT molecular complexity index is 310. The molecule has 4 heteroatoms. The quantitative estimate of drug-likeness (QED) is 0.578. The first-order valence-corrected chi connectivity index (χ1v) is 3.93. The molecule has 1 aromatic carbocycles. The number of carboxylic acid groups (broad SMARTS) is 1. The lowest BCUT2D eigenvalue weighted by atomic mass is 10.0. The van der Waals surface area contributed by atoms with E-state index in [9.17, 15) is 4.79 Å². The van der Waals surface area contributed by atoms with Gasteiger partial charge < -0.3 is 16.6 Å². The Labute approximate surface area is 76.2 Å². The average molecular weight is 180 g/mol. The Hall–Kier alpha value is -1.39. The van der Waals surface area contributed by atoms with E-state index in [1.807, 2.05) is 0 Å². The van der Waals surface area contributed by atoms with E-state index in [1.54, 1.807) is 24.3 Å². The zero-order valence-electron chi connectivity index (χ0n) is 7.10. The van der Waals surface area contributed by atoms with Crippen molar-refractivity contribution in [1.29, 1.82) is 0 Å². The maximum atomic E-state index is 10.7. The summed E-state index contributed by atoms with van der Waals surface area (Å²) in [5, 5.41) is 8.80. The van der Waals surface area contributed by atoms with Gasteiger partial charge in [-0.25, -0.2) is 4.79 Å². The van der Waals surface area contributed by atoms with Crippen molar-refractivity contribution in [2.75, 3.05) is 0 Å². The molecule has 13 heavy (non-hydrogen) atoms. The summed E-state index contributed by atoms with van der Waals surface area (Å²) in [6.07, 6.45) is -0.136. The number of hydrogen-bond acceptors (Lipinski definition) is 3. The van der Waals surface area contributed by atoms with Crippen LogP contribution >= 0.6 is 0 Å². The number of carbonyl (C=O) groups is 1. The fraction of sp³-hybridized carbons (Fsp3) is 0.222. The van der Waals surface area contributed by atoms with E-state index in [-0.39, 0.29) is 5.56 Å². The van der Waals surface area contributed by atoms with Crippen LogP contribution in [-0.2, 0) is 6.42 Å². The third kappa shape index (κ3) is 2.54. The predicted octanol–water partition coefficient (Wildman–Crippen LogP) is 0.171. The molecule has 0 atom stereocenters. The Morgan fingerprint density at radius 3 is 2.54 bits per heavy atom. The summed E-state index contributed by atoms with van der Waals surface area (Å²) in [4.78, 5) is 10.7. The van der Waals surface area contributed by atoms with E-state index >= 15 is 0 Å². The second kappa shape index (κ2) is 4.02. The summed E-state index contributed by atoms with van der Waals surface area (Å²) in [6.45, 7) is 0. The highest BCUT2D eigenvalue weighted by Gasteiger charge is 2.09. The first kappa shape index (κ1) is 9.70. The highest BCUT2D eigenvalue weighted by atomic mass is 16.4. The average Bonchev–Trinajstić information content (AvgIpc) is 2.03. The predicted molar refractivity (Wildman–Crippen MR) is 49.3 cm³/mol. The zero-order valence-corrected chi connectivity index (χ0v) is 7.10. The molecule has 70 valence electrons. The highest BCUT2D eigenvalue weighted by molar-refractivity contribution is 5.89. The first-order valence-electron chi connectivity index (χ1n) is 3.93. The minimum Gasteiger partial charge on any atom is -0.478 e. The van der Waals surface area contributed by atoms with Crippen molar-refractivity contribution < 1.29 is 9.90 Å². The lowest BCUT2D eigenvalue weighted by molar-refractivity contribution is 0.0695. The van der Waals surface area contributed by atoms with Crippen molar-refractivity contribution in [3.8, 4) is 0 Å². The third-order valence-corrected chi connectivity index (χ3v) is 1.70. The monoisotopic (exact) mass is 180 g/mol. The van der Waals surface area contributed by atoms with E-state index < -0.39 is 12.1 Å². The van der Waals surface area contributed by atoms with Crippen molar-refractivity contribution in [2.45, 2.75) is 12.6 Å². The Morgan fingerprint density at radius 2 is 2.00 bits per heavy atom. The zero-order chi connectivity index (χ0) is 9.84. The van der Waals surface area contributed by atoms with E-state index in [2.05, 4.69) is 0 Å². The number of hydrogen-bond donors (Lipinski definition) is 3. The van der Waals surface area contributed by atoms with E-state index in [4.69, 9.17) is 16.6 Å². The standard InChI is InChI=1S/C9H12N2O2/c10-8(11)5-6-3-1-2-4-7(6)9(12)13/h1-4,8H,5,10-11H2,(H,12,13). The molecule has 0 saturated carbocycles. The van der Waals surface area contributed by atoms with Gasteiger partial charge >= 0.3 is 5.97 Å². The van der Waals surface area contributed by atoms with Crippen molar-refractivity contribution in [2.24, 2.45) is 11.5 Å². The van der Waals surface area contributed by atoms with Crippen LogP contribution in [0.1, 0.15) is 15.9 Å². The van der Waals surface area contributed by atoms with Gasteiger partial charge in [-0.05, 0) is 11.6 Å². The smallest absolute Gasteiger partial charge is 0.335 e. The van der Waals surface area contributed by atoms with E-state index in [0.717, 1.165) is 0 Å². The van der Waals surface area contributed by atoms with Gasteiger partial charge in [0, 0.05) is 6.42 Å². The molecule has 0 amide bonds. The van der Waals surface area contributed by atoms with Crippen LogP contribution in [-0.4, -0.2) is 17.2 Å². The fourth-order valence-corrected chi connectivity index (χ4v) is 1.16. The van der Waals surface area contributed by atoms with Crippen molar-refractivity contribution in [3.63, 3.8) is 0 Å². The first-order chi connectivity index (χ1) is 6.11. The molecule has 0 heterocycles. The number of aromatic carboxylic acids is 1. The van der Waals surface area contributed by atoms with Crippen LogP contribution in [0.4, 0.5) is 0 Å². The maximum Gasteiger partial charge on any atom is 0.335 e. The molecule has 0 aliphatic carbocycles. The van der Waals surface area contributed by atoms with Gasteiger partial charge in [0.05, 0.1) is 11.7 Å². The second-order valence-corrected chi connectivity index (χ2v) is 2.83. The third-order valence-electron chi connectivity index (χ3n) is 1.70. The van der Waals surface area contributed by atoms with Crippen molar-refractivity contribution in [3.05, 3.63) is 35.4 Å². The van der Waals surface area contributed by atoms with Gasteiger partial charge in [-0.3, -0.25) is 0 Å². The molecule has 5 N–H and O–H groups in total. The molecule has 0 aliphatic heterocycles. The SMILES string of the molecule is NC(N)Cc1ccccc1C(=O)O. The molecular formula is C9H12N2O2. The normalized spacial score (nSPS) is 10.4. The largest absolute Gasteiger partial charge is 0.478 e. The minimum absolute atomic E-state index is 0.267. The molecule has 0 unspecified atom stereocenters. The summed E-state index contributed by atoms with van der Waals surface area (Å²) in [5.74, 6) is -0.948. The van der Waals surface area contributed by atoms with Gasteiger partial charge in [0.2, 0.25) is 0 Å². The molecule has 0 aromatic heterocycles. The number of carboxylic acids is 1. The van der Waals surface area contributed by atoms with Crippen LogP contribution in [0.25, 0.3) is 0 Å². The minimum atomic E-state index is -0.948. The van der Waals surface area contributed by atoms with Crippen molar-refractivity contribution in [1.82, 2.24) is 0 Å². The van der Waals surface area contributed by atoms with Crippen LogP contribution < -0.4 is 11.5 Å². The van der Waals surface area contributed by atoms with Crippen LogP contribution in [0.15, 0.2) is 24.3 Å². The van der Waals surface area contributed by atoms with E-state index in [1.165, 1.54) is 0 Å². The molecule has 0 saturated heterocycles. The lowest BCUT2D eigenvalue weighted by Gasteiger charge is -2.07. The summed E-state index contributed by atoms with van der Waals surface area (Å²) in [6, 6.07) is 6.70. The Morgan fingerprint density at radius 1 is 1.38 bits per heavy atom. The lowest BCUT2D eigenvalue weighted by Crippen LogP contribution is -2.33. The summed E-state index contributed by atoms with van der Waals surface area (Å²) in [5.41, 5.74) is 11.7. The van der Waals surface area contributed by atoms with Crippen LogP contribution in [0.5, 0.6) is 0 Å². The van der Waals surface area contributed by atoms with Crippen LogP contribution in [0, 0.1) is 0 Å². The highest BCUT2D eigenvalue weighted by Crippen LogP contribution is 2.09. The Balaban J connectivity index is 2.98. The van der Waals surface area contributed by atoms with Gasteiger partial charge in [0.1, 0.15) is 0 Å². The molecule has 1 rings (SSSR count). The summed E-state index contributed by atoms with van der Waals surface area (Å²) < 4.78 is 0. The van der Waals surface area contributed by atoms with Gasteiger partial charge in [-0.2, -0.15) is 0 Å². The summed E-state index contributed by atoms with van der Waals surface area (Å²) in [7, 11) is 0. The molecule has 0 fully saturated rings. The summed E-state index contributed by atoms with van der Waals surface area (Å²) >= 11 is 0. The number of benzene rings is 1. The van der Waals surface area contributed by atoms with Gasteiger partial charge in [-0.15, -0.1) is 0 Å². The second-order valence-electron chi connectivity index (χ2n) is 2.83. The molecule has 0 radical (unpaired) electrons. The number of nitrogens with two attached hydrogens (primary N) is 2. The van der Waals surface area contributed by atoms with Gasteiger partial charge in [0.15, 0.2) is 0 Å². The number of rotatable bonds is 3.